The number of hydrogen-bond acceptors (Lipinski definition) is 1. The molecule has 0 bridgehead atoms. The van der Waals surface area contributed by atoms with Gasteiger partial charge >= 0.3 is 0 Å². The fourth-order valence-electron chi connectivity index (χ4n) is 2.79. The second-order valence-corrected chi connectivity index (χ2v) is 5.15. The zero-order valence-electron chi connectivity index (χ0n) is 11.8. The van der Waals surface area contributed by atoms with E-state index in [0.29, 0.717) is 6.54 Å². The van der Waals surface area contributed by atoms with Gasteiger partial charge in [-0.3, -0.25) is 0 Å². The van der Waals surface area contributed by atoms with E-state index in [1.807, 2.05) is 0 Å². The Morgan fingerprint density at radius 3 is 2.60 bits per heavy atom. The fourth-order valence-corrected chi connectivity index (χ4v) is 2.79. The maximum absolute atomic E-state index is 5.69. The first-order valence-corrected chi connectivity index (χ1v) is 7.09. The summed E-state index contributed by atoms with van der Waals surface area (Å²) in [7, 11) is 0. The molecule has 0 spiro atoms. The van der Waals surface area contributed by atoms with Crippen LogP contribution in [0.25, 0.3) is 17.7 Å². The van der Waals surface area contributed by atoms with Crippen LogP contribution in [0.5, 0.6) is 0 Å². The van der Waals surface area contributed by atoms with E-state index in [1.54, 1.807) is 0 Å². The molecule has 0 atom stereocenters. The minimum Gasteiger partial charge on any atom is -0.330 e. The summed E-state index contributed by atoms with van der Waals surface area (Å²) in [4.78, 5) is 0. The summed E-state index contributed by atoms with van der Waals surface area (Å²) in [6.07, 6.45) is 7.61. The van der Waals surface area contributed by atoms with Crippen molar-refractivity contribution in [1.29, 1.82) is 0 Å². The predicted octanol–water partition coefficient (Wildman–Crippen LogP) is 4.26. The Hall–Kier alpha value is -2.12. The van der Waals surface area contributed by atoms with Crippen molar-refractivity contribution in [2.45, 2.75) is 13.3 Å². The number of benzene rings is 2. The number of nitrogens with two attached hydrogens (primary N) is 1. The number of hydrogen-bond donors (Lipinski definition) is 1. The van der Waals surface area contributed by atoms with Crippen molar-refractivity contribution < 1.29 is 0 Å². The standard InChI is InChI=1S/C19H19N/c1-14-6-4-9-18-16(14)12-11-15-7-2-3-8-17(15)19(18)10-5-13-20/h2-4,6-12H,5,13,20H2,1H3/b19-10-. The molecule has 2 N–H and O–H groups in total. The molecule has 0 unspecified atom stereocenters. The van der Waals surface area contributed by atoms with Gasteiger partial charge in [-0.15, -0.1) is 0 Å². The maximum atomic E-state index is 5.69. The second kappa shape index (κ2) is 5.48. The van der Waals surface area contributed by atoms with Gasteiger partial charge in [0.15, 0.2) is 0 Å². The molecule has 0 saturated heterocycles. The molecule has 0 aromatic heterocycles. The molecule has 0 radical (unpaired) electrons. The number of aryl methyl sites for hydroxylation is 1. The SMILES string of the molecule is Cc1cccc2c1C=Cc1ccccc1/C2=C/CCN. The third-order valence-corrected chi connectivity index (χ3v) is 3.81. The molecule has 1 aliphatic rings. The van der Waals surface area contributed by atoms with Gasteiger partial charge in [0.1, 0.15) is 0 Å². The Bertz CT molecular complexity index is 693. The van der Waals surface area contributed by atoms with Gasteiger partial charge in [0.2, 0.25) is 0 Å². The highest BCUT2D eigenvalue weighted by Crippen LogP contribution is 2.35. The predicted molar refractivity (Wildman–Crippen MR) is 87.3 cm³/mol. The highest BCUT2D eigenvalue weighted by atomic mass is 14.5. The van der Waals surface area contributed by atoms with E-state index in [0.717, 1.165) is 6.42 Å². The Morgan fingerprint density at radius 1 is 0.950 bits per heavy atom. The van der Waals surface area contributed by atoms with Crippen LogP contribution in [-0.4, -0.2) is 6.54 Å². The Labute approximate surface area is 120 Å². The van der Waals surface area contributed by atoms with Crippen LogP contribution in [0.1, 0.15) is 34.2 Å². The molecule has 0 amide bonds. The van der Waals surface area contributed by atoms with Gasteiger partial charge in [0.05, 0.1) is 0 Å². The minimum atomic E-state index is 0.681. The van der Waals surface area contributed by atoms with Crippen LogP contribution in [0.2, 0.25) is 0 Å². The highest BCUT2D eigenvalue weighted by molar-refractivity contribution is 5.94. The van der Waals surface area contributed by atoms with Gasteiger partial charge in [-0.2, -0.15) is 0 Å². The molecule has 1 heteroatoms. The highest BCUT2D eigenvalue weighted by Gasteiger charge is 2.15. The fraction of sp³-hybridized carbons (Fsp3) is 0.158. The first-order chi connectivity index (χ1) is 9.81. The summed E-state index contributed by atoms with van der Waals surface area (Å²) in [5.41, 5.74) is 13.5. The van der Waals surface area contributed by atoms with E-state index < -0.39 is 0 Å². The van der Waals surface area contributed by atoms with Crippen LogP contribution in [-0.2, 0) is 0 Å². The van der Waals surface area contributed by atoms with E-state index in [2.05, 4.69) is 67.6 Å². The second-order valence-electron chi connectivity index (χ2n) is 5.15. The van der Waals surface area contributed by atoms with Crippen molar-refractivity contribution in [2.75, 3.05) is 6.54 Å². The van der Waals surface area contributed by atoms with E-state index in [9.17, 15) is 0 Å². The van der Waals surface area contributed by atoms with Crippen LogP contribution >= 0.6 is 0 Å². The molecular weight excluding hydrogens is 242 g/mol. The zero-order chi connectivity index (χ0) is 13.9. The lowest BCUT2D eigenvalue weighted by Gasteiger charge is -2.13. The van der Waals surface area contributed by atoms with Crippen molar-refractivity contribution in [1.82, 2.24) is 0 Å². The lowest BCUT2D eigenvalue weighted by molar-refractivity contribution is 1.01. The molecule has 0 heterocycles. The van der Waals surface area contributed by atoms with Crippen molar-refractivity contribution in [3.8, 4) is 0 Å². The van der Waals surface area contributed by atoms with Crippen molar-refractivity contribution >= 4 is 17.7 Å². The molecule has 1 aliphatic carbocycles. The minimum absolute atomic E-state index is 0.681. The number of fused-ring (bicyclic) bond motifs is 2. The summed E-state index contributed by atoms with van der Waals surface area (Å²) in [5, 5.41) is 0. The van der Waals surface area contributed by atoms with Gasteiger partial charge in [-0.1, -0.05) is 60.7 Å². The van der Waals surface area contributed by atoms with Gasteiger partial charge in [-0.05, 0) is 53.3 Å². The molecule has 100 valence electrons. The molecule has 2 aromatic carbocycles. The summed E-state index contributed by atoms with van der Waals surface area (Å²) >= 11 is 0. The molecular formula is C19H19N. The van der Waals surface area contributed by atoms with Gasteiger partial charge < -0.3 is 5.73 Å². The summed E-state index contributed by atoms with van der Waals surface area (Å²) in [5.74, 6) is 0. The maximum Gasteiger partial charge on any atom is -0.00423 e. The largest absolute Gasteiger partial charge is 0.330 e. The van der Waals surface area contributed by atoms with Gasteiger partial charge in [0.25, 0.3) is 0 Å². The first kappa shape index (κ1) is 12.9. The normalized spacial score (nSPS) is 14.8. The molecule has 1 nitrogen and oxygen atoms in total. The monoisotopic (exact) mass is 261 g/mol. The lowest BCUT2D eigenvalue weighted by atomic mass is 9.91. The van der Waals surface area contributed by atoms with E-state index in [1.165, 1.54) is 33.4 Å². The van der Waals surface area contributed by atoms with Crippen LogP contribution < -0.4 is 5.73 Å². The quantitative estimate of drug-likeness (QED) is 0.733. The smallest absolute Gasteiger partial charge is 0.00423 e. The topological polar surface area (TPSA) is 26.0 Å². The summed E-state index contributed by atoms with van der Waals surface area (Å²) in [6, 6.07) is 15.1. The summed E-state index contributed by atoms with van der Waals surface area (Å²) < 4.78 is 0. The van der Waals surface area contributed by atoms with Crippen LogP contribution in [0.4, 0.5) is 0 Å². The molecule has 0 aliphatic heterocycles. The van der Waals surface area contributed by atoms with E-state index in [-0.39, 0.29) is 0 Å². The molecule has 3 rings (SSSR count). The summed E-state index contributed by atoms with van der Waals surface area (Å²) in [6.45, 7) is 2.85. The van der Waals surface area contributed by atoms with E-state index in [4.69, 9.17) is 5.73 Å². The lowest BCUT2D eigenvalue weighted by Crippen LogP contribution is -1.98. The average Bonchev–Trinajstić information content (AvgIpc) is 2.63. The van der Waals surface area contributed by atoms with Crippen LogP contribution in [0.3, 0.4) is 0 Å². The third-order valence-electron chi connectivity index (χ3n) is 3.81. The van der Waals surface area contributed by atoms with E-state index >= 15 is 0 Å². The average molecular weight is 261 g/mol. The van der Waals surface area contributed by atoms with Crippen molar-refractivity contribution in [3.05, 3.63) is 76.4 Å². The molecule has 0 fully saturated rings. The van der Waals surface area contributed by atoms with Gasteiger partial charge in [0, 0.05) is 0 Å². The number of rotatable bonds is 2. The Balaban J connectivity index is 2.28. The molecule has 0 saturated carbocycles. The molecule has 2 aromatic rings. The zero-order valence-corrected chi connectivity index (χ0v) is 11.8. The Kier molecular flexibility index (Phi) is 3.53. The third kappa shape index (κ3) is 2.21. The van der Waals surface area contributed by atoms with Gasteiger partial charge in [-0.25, -0.2) is 0 Å². The molecule has 20 heavy (non-hydrogen) atoms. The van der Waals surface area contributed by atoms with Crippen molar-refractivity contribution in [2.24, 2.45) is 5.73 Å². The van der Waals surface area contributed by atoms with Crippen LogP contribution in [0.15, 0.2) is 48.5 Å². The van der Waals surface area contributed by atoms with Crippen molar-refractivity contribution in [3.63, 3.8) is 0 Å². The first-order valence-electron chi connectivity index (χ1n) is 7.09. The Morgan fingerprint density at radius 2 is 1.75 bits per heavy atom. The van der Waals surface area contributed by atoms with Crippen LogP contribution in [0, 0.1) is 6.92 Å².